The molecule has 3 heterocycles. The first-order valence-corrected chi connectivity index (χ1v) is 9.82. The molecule has 1 aliphatic heterocycles. The molecule has 1 amide bonds. The van der Waals surface area contributed by atoms with E-state index >= 15 is 0 Å². The largest absolute Gasteiger partial charge is 0.416 e. The minimum absolute atomic E-state index is 0.0458. The molecule has 4 rings (SSSR count). The summed E-state index contributed by atoms with van der Waals surface area (Å²) in [4.78, 5) is 15.5. The van der Waals surface area contributed by atoms with Crippen molar-refractivity contribution in [3.8, 4) is 10.6 Å². The van der Waals surface area contributed by atoms with Crippen molar-refractivity contribution in [2.75, 3.05) is 6.54 Å². The lowest BCUT2D eigenvalue weighted by Crippen LogP contribution is -2.32. The van der Waals surface area contributed by atoms with Crippen LogP contribution in [0.4, 0.5) is 13.2 Å². The molecular formula is C20H18F3N3OS. The van der Waals surface area contributed by atoms with Crippen LogP contribution in [-0.4, -0.2) is 27.1 Å². The maximum absolute atomic E-state index is 12.9. The summed E-state index contributed by atoms with van der Waals surface area (Å²) >= 11 is 1.61. The highest BCUT2D eigenvalue weighted by molar-refractivity contribution is 7.13. The molecule has 0 N–H and O–H groups in total. The second-order valence-corrected chi connectivity index (χ2v) is 7.71. The number of amides is 1. The number of fused-ring (bicyclic) bond motifs is 1. The van der Waals surface area contributed by atoms with E-state index in [0.717, 1.165) is 34.8 Å². The second-order valence-electron chi connectivity index (χ2n) is 6.77. The molecule has 0 unspecified atom stereocenters. The van der Waals surface area contributed by atoms with Gasteiger partial charge in [-0.2, -0.15) is 18.3 Å². The van der Waals surface area contributed by atoms with Crippen molar-refractivity contribution < 1.29 is 18.0 Å². The van der Waals surface area contributed by atoms with Crippen molar-refractivity contribution >= 4 is 17.2 Å². The number of benzene rings is 1. The minimum atomic E-state index is -4.41. The lowest BCUT2D eigenvalue weighted by molar-refractivity contribution is -0.138. The number of nitrogens with zero attached hydrogens (tertiary/aromatic N) is 3. The summed E-state index contributed by atoms with van der Waals surface area (Å²) < 4.78 is 40.6. The lowest BCUT2D eigenvalue weighted by atomic mass is 10.1. The van der Waals surface area contributed by atoms with Crippen molar-refractivity contribution in [3.63, 3.8) is 0 Å². The van der Waals surface area contributed by atoms with Crippen LogP contribution in [0, 0.1) is 0 Å². The van der Waals surface area contributed by atoms with Crippen LogP contribution in [-0.2, 0) is 30.5 Å². The molecule has 0 spiro atoms. The first-order valence-electron chi connectivity index (χ1n) is 8.95. The molecule has 1 aliphatic rings. The van der Waals surface area contributed by atoms with Crippen LogP contribution in [0.5, 0.6) is 0 Å². The van der Waals surface area contributed by atoms with Gasteiger partial charge in [-0.05, 0) is 35.6 Å². The third-order valence-corrected chi connectivity index (χ3v) is 5.64. The number of hydrogen-bond donors (Lipinski definition) is 0. The molecule has 2 aromatic heterocycles. The van der Waals surface area contributed by atoms with Gasteiger partial charge in [0.1, 0.15) is 5.69 Å². The van der Waals surface area contributed by atoms with E-state index < -0.39 is 11.7 Å². The number of hydrogen-bond acceptors (Lipinski definition) is 3. The summed E-state index contributed by atoms with van der Waals surface area (Å²) in [5.41, 5.74) is 1.47. The topological polar surface area (TPSA) is 38.1 Å². The Bertz CT molecular complexity index is 979. The number of carbonyl (C=O) groups is 1. The van der Waals surface area contributed by atoms with E-state index in [1.54, 1.807) is 22.3 Å². The SMILES string of the molecule is O=C(Cc1cccc(C(F)(F)F)c1)N1CCCn2nc(-c3cccs3)cc2C1. The van der Waals surface area contributed by atoms with Crippen LogP contribution < -0.4 is 0 Å². The quantitative estimate of drug-likeness (QED) is 0.639. The highest BCUT2D eigenvalue weighted by Gasteiger charge is 2.30. The molecule has 0 saturated heterocycles. The number of alkyl halides is 3. The molecule has 146 valence electrons. The number of carbonyl (C=O) groups excluding carboxylic acids is 1. The van der Waals surface area contributed by atoms with Gasteiger partial charge in [-0.1, -0.05) is 24.3 Å². The Labute approximate surface area is 164 Å². The predicted molar refractivity (Wildman–Crippen MR) is 101 cm³/mol. The maximum atomic E-state index is 12.9. The maximum Gasteiger partial charge on any atom is 0.416 e. The van der Waals surface area contributed by atoms with Crippen molar-refractivity contribution in [1.29, 1.82) is 0 Å². The van der Waals surface area contributed by atoms with E-state index in [0.29, 0.717) is 25.2 Å². The molecule has 28 heavy (non-hydrogen) atoms. The van der Waals surface area contributed by atoms with Crippen molar-refractivity contribution in [1.82, 2.24) is 14.7 Å². The Morgan fingerprint density at radius 2 is 2.00 bits per heavy atom. The van der Waals surface area contributed by atoms with Crippen molar-refractivity contribution in [2.45, 2.75) is 32.1 Å². The summed E-state index contributed by atoms with van der Waals surface area (Å²) in [6, 6.07) is 10.9. The van der Waals surface area contributed by atoms with Crippen LogP contribution >= 0.6 is 11.3 Å². The zero-order chi connectivity index (χ0) is 19.7. The molecular weight excluding hydrogens is 387 g/mol. The van der Waals surface area contributed by atoms with E-state index in [4.69, 9.17) is 0 Å². The van der Waals surface area contributed by atoms with E-state index in [-0.39, 0.29) is 12.3 Å². The van der Waals surface area contributed by atoms with E-state index in [1.807, 2.05) is 28.3 Å². The number of halogens is 3. The Balaban J connectivity index is 1.50. The predicted octanol–water partition coefficient (Wildman–Crippen LogP) is 4.61. The van der Waals surface area contributed by atoms with Crippen LogP contribution in [0.1, 0.15) is 23.2 Å². The number of rotatable bonds is 3. The summed E-state index contributed by atoms with van der Waals surface area (Å²) in [5, 5.41) is 6.62. The van der Waals surface area contributed by atoms with Gasteiger partial charge in [0, 0.05) is 13.1 Å². The molecule has 8 heteroatoms. The first kappa shape index (κ1) is 18.7. The van der Waals surface area contributed by atoms with E-state index in [9.17, 15) is 18.0 Å². The Morgan fingerprint density at radius 3 is 2.75 bits per heavy atom. The van der Waals surface area contributed by atoms with Gasteiger partial charge in [-0.15, -0.1) is 11.3 Å². The monoisotopic (exact) mass is 405 g/mol. The highest BCUT2D eigenvalue weighted by Crippen LogP contribution is 2.30. The fourth-order valence-corrected chi connectivity index (χ4v) is 4.05. The summed E-state index contributed by atoms with van der Waals surface area (Å²) in [5.74, 6) is -0.174. The molecule has 1 aromatic carbocycles. The standard InChI is InChI=1S/C20H18F3N3OS/c21-20(22,23)15-5-1-4-14(10-15)11-19(27)25-7-3-8-26-16(13-25)12-17(24-26)18-6-2-9-28-18/h1-2,4-6,9-10,12H,3,7-8,11,13H2. The Morgan fingerprint density at radius 1 is 1.14 bits per heavy atom. The van der Waals surface area contributed by atoms with E-state index in [1.165, 1.54) is 6.07 Å². The van der Waals surface area contributed by atoms with Crippen molar-refractivity contribution in [3.05, 3.63) is 64.7 Å². The summed E-state index contributed by atoms with van der Waals surface area (Å²) in [6.45, 7) is 1.69. The molecule has 0 radical (unpaired) electrons. The van der Waals surface area contributed by atoms with Gasteiger partial charge in [-0.25, -0.2) is 0 Å². The number of aromatic nitrogens is 2. The lowest BCUT2D eigenvalue weighted by Gasteiger charge is -2.20. The molecule has 0 aliphatic carbocycles. The second kappa shape index (κ2) is 7.43. The molecule has 4 nitrogen and oxygen atoms in total. The third kappa shape index (κ3) is 3.96. The molecule has 0 fully saturated rings. The fourth-order valence-electron chi connectivity index (χ4n) is 3.36. The average Bonchev–Trinajstić information content (AvgIpc) is 3.27. The van der Waals surface area contributed by atoms with Crippen LogP contribution in [0.2, 0.25) is 0 Å². The van der Waals surface area contributed by atoms with Gasteiger partial charge >= 0.3 is 6.18 Å². The molecule has 0 bridgehead atoms. The van der Waals surface area contributed by atoms with Gasteiger partial charge in [0.2, 0.25) is 5.91 Å². The van der Waals surface area contributed by atoms with Gasteiger partial charge in [0.25, 0.3) is 0 Å². The van der Waals surface area contributed by atoms with Crippen LogP contribution in [0.15, 0.2) is 47.8 Å². The summed E-state index contributed by atoms with van der Waals surface area (Å²) in [6.07, 6.45) is -3.70. The smallest absolute Gasteiger partial charge is 0.336 e. The van der Waals surface area contributed by atoms with Gasteiger partial charge in [0.05, 0.1) is 29.1 Å². The zero-order valence-electron chi connectivity index (χ0n) is 14.9. The van der Waals surface area contributed by atoms with Crippen LogP contribution in [0.3, 0.4) is 0 Å². The Hall–Kier alpha value is -2.61. The summed E-state index contributed by atoms with van der Waals surface area (Å²) in [7, 11) is 0. The van der Waals surface area contributed by atoms with E-state index in [2.05, 4.69) is 5.10 Å². The van der Waals surface area contributed by atoms with Gasteiger partial charge in [-0.3, -0.25) is 9.48 Å². The van der Waals surface area contributed by atoms with Crippen molar-refractivity contribution in [2.24, 2.45) is 0 Å². The third-order valence-electron chi connectivity index (χ3n) is 4.75. The molecule has 3 aromatic rings. The Kier molecular flexibility index (Phi) is 4.97. The average molecular weight is 405 g/mol. The normalized spacial score (nSPS) is 14.6. The van der Waals surface area contributed by atoms with Crippen LogP contribution in [0.25, 0.3) is 10.6 Å². The van der Waals surface area contributed by atoms with Gasteiger partial charge < -0.3 is 4.90 Å². The highest BCUT2D eigenvalue weighted by atomic mass is 32.1. The number of thiophene rings is 1. The fraction of sp³-hybridized carbons (Fsp3) is 0.300. The number of aryl methyl sites for hydroxylation is 1. The first-order chi connectivity index (χ1) is 13.4. The minimum Gasteiger partial charge on any atom is -0.336 e. The molecule has 0 atom stereocenters. The zero-order valence-corrected chi connectivity index (χ0v) is 15.8. The molecule has 0 saturated carbocycles. The van der Waals surface area contributed by atoms with Gasteiger partial charge in [0.15, 0.2) is 0 Å².